The summed E-state index contributed by atoms with van der Waals surface area (Å²) in [5, 5.41) is 29.2. The number of nitro benzene ring substituents is 1. The van der Waals surface area contributed by atoms with Gasteiger partial charge in [-0.25, -0.2) is 0 Å². The molecule has 0 aliphatic heterocycles. The zero-order chi connectivity index (χ0) is 18.1. The second kappa shape index (κ2) is 5.96. The molecular weight excluding hydrogens is 314 g/mol. The highest BCUT2D eigenvalue weighted by molar-refractivity contribution is 5.81. The Kier molecular flexibility index (Phi) is 4.20. The van der Waals surface area contributed by atoms with Crippen LogP contribution < -0.4 is 5.56 Å². The molecule has 0 saturated heterocycles. The summed E-state index contributed by atoms with van der Waals surface area (Å²) in [5.74, 6) is -1.14. The molecule has 0 unspecified atom stereocenters. The number of aromatic nitrogens is 1. The number of H-pyrrole nitrogens is 1. The van der Waals surface area contributed by atoms with Crippen LogP contribution in [0.3, 0.4) is 0 Å². The maximum atomic E-state index is 12.1. The third-order valence-corrected chi connectivity index (χ3v) is 3.74. The van der Waals surface area contributed by atoms with E-state index < -0.39 is 21.9 Å². The Labute approximate surface area is 136 Å². The number of carboxylic acid groups (broad SMARTS) is 1. The van der Waals surface area contributed by atoms with Crippen molar-refractivity contribution in [2.75, 3.05) is 0 Å². The van der Waals surface area contributed by atoms with E-state index in [0.717, 1.165) is 0 Å². The average Bonchev–Trinajstić information content (AvgIpc) is 2.53. The maximum absolute atomic E-state index is 12.1. The van der Waals surface area contributed by atoms with Gasteiger partial charge in [0, 0.05) is 23.4 Å². The number of aliphatic carboxylic acids is 1. The predicted molar refractivity (Wildman–Crippen MR) is 84.5 cm³/mol. The van der Waals surface area contributed by atoms with Crippen LogP contribution >= 0.6 is 0 Å². The summed E-state index contributed by atoms with van der Waals surface area (Å²) in [6.45, 7) is 2.85. The van der Waals surface area contributed by atoms with Gasteiger partial charge >= 0.3 is 5.97 Å². The van der Waals surface area contributed by atoms with Gasteiger partial charge in [-0.3, -0.25) is 19.7 Å². The average molecular weight is 327 g/mol. The first-order valence-corrected chi connectivity index (χ1v) is 6.84. The van der Waals surface area contributed by atoms with Crippen molar-refractivity contribution in [3.63, 3.8) is 0 Å². The highest BCUT2D eigenvalue weighted by atomic mass is 16.6. The molecule has 1 aromatic carbocycles. The Hall–Kier alpha value is -3.47. The molecule has 2 N–H and O–H groups in total. The number of hydrogen-bond acceptors (Lipinski definition) is 5. The summed E-state index contributed by atoms with van der Waals surface area (Å²) in [6, 6.07) is 8.51. The van der Waals surface area contributed by atoms with Crippen LogP contribution in [-0.4, -0.2) is 21.0 Å². The normalized spacial score (nSPS) is 10.9. The van der Waals surface area contributed by atoms with E-state index in [-0.39, 0.29) is 22.5 Å². The van der Waals surface area contributed by atoms with Crippen LogP contribution in [0.2, 0.25) is 0 Å². The van der Waals surface area contributed by atoms with Crippen LogP contribution in [0.15, 0.2) is 35.1 Å². The Morgan fingerprint density at radius 2 is 1.92 bits per heavy atom. The molecule has 8 nitrogen and oxygen atoms in total. The number of benzene rings is 1. The first-order chi connectivity index (χ1) is 11.2. The molecule has 2 aromatic rings. The molecule has 0 atom stereocenters. The third kappa shape index (κ3) is 2.87. The molecule has 1 aromatic heterocycles. The molecular formula is C16H13N3O5. The van der Waals surface area contributed by atoms with Gasteiger partial charge in [0.1, 0.15) is 17.0 Å². The van der Waals surface area contributed by atoms with Crippen molar-refractivity contribution in [3.05, 3.63) is 62.1 Å². The third-order valence-electron chi connectivity index (χ3n) is 3.74. The Bertz CT molecular complexity index is 920. The highest BCUT2D eigenvalue weighted by Crippen LogP contribution is 2.28. The molecule has 0 spiro atoms. The van der Waals surface area contributed by atoms with Crippen molar-refractivity contribution >= 4 is 11.7 Å². The summed E-state index contributed by atoms with van der Waals surface area (Å²) in [7, 11) is 0. The zero-order valence-electron chi connectivity index (χ0n) is 12.9. The van der Waals surface area contributed by atoms with Crippen LogP contribution in [0.5, 0.6) is 0 Å². The SMILES string of the molecule is CC(C)(C(=O)O)c1cc(-c2ccc([N+](=O)[O-])cc2)c(C#N)c(=O)[nH]1. The topological polar surface area (TPSA) is 137 Å². The van der Waals surface area contributed by atoms with Crippen LogP contribution in [0.1, 0.15) is 25.1 Å². The van der Waals surface area contributed by atoms with E-state index in [1.54, 1.807) is 6.07 Å². The fourth-order valence-corrected chi connectivity index (χ4v) is 2.11. The second-order valence-corrected chi connectivity index (χ2v) is 5.65. The molecule has 0 aliphatic rings. The Morgan fingerprint density at radius 3 is 2.38 bits per heavy atom. The van der Waals surface area contributed by atoms with Crippen molar-refractivity contribution in [3.8, 4) is 17.2 Å². The molecule has 0 aliphatic carbocycles. The summed E-state index contributed by atoms with van der Waals surface area (Å²) in [5.41, 5.74) is -1.64. The predicted octanol–water partition coefficient (Wildman–Crippen LogP) is 2.18. The van der Waals surface area contributed by atoms with E-state index in [1.165, 1.54) is 44.2 Å². The van der Waals surface area contributed by atoms with Gasteiger partial charge in [0.05, 0.1) is 4.92 Å². The summed E-state index contributed by atoms with van der Waals surface area (Å²) < 4.78 is 0. The lowest BCUT2D eigenvalue weighted by Gasteiger charge is -2.20. The number of carboxylic acids is 1. The Balaban J connectivity index is 2.71. The lowest BCUT2D eigenvalue weighted by atomic mass is 9.87. The van der Waals surface area contributed by atoms with E-state index in [0.29, 0.717) is 5.56 Å². The Morgan fingerprint density at radius 1 is 1.33 bits per heavy atom. The maximum Gasteiger partial charge on any atom is 0.315 e. The summed E-state index contributed by atoms with van der Waals surface area (Å²) in [6.07, 6.45) is 0. The molecule has 24 heavy (non-hydrogen) atoms. The van der Waals surface area contributed by atoms with Crippen LogP contribution in [-0.2, 0) is 10.2 Å². The minimum Gasteiger partial charge on any atom is -0.481 e. The summed E-state index contributed by atoms with van der Waals surface area (Å²) in [4.78, 5) is 36.1. The lowest BCUT2D eigenvalue weighted by Crippen LogP contribution is -2.32. The molecule has 0 bridgehead atoms. The number of hydrogen-bond donors (Lipinski definition) is 2. The van der Waals surface area contributed by atoms with Gasteiger partial charge < -0.3 is 10.1 Å². The number of nitrogens with zero attached hydrogens (tertiary/aromatic N) is 2. The number of non-ortho nitro benzene ring substituents is 1. The number of pyridine rings is 1. The first kappa shape index (κ1) is 16.9. The summed E-state index contributed by atoms with van der Waals surface area (Å²) >= 11 is 0. The molecule has 0 radical (unpaired) electrons. The van der Waals surface area contributed by atoms with Gasteiger partial charge in [-0.15, -0.1) is 0 Å². The largest absolute Gasteiger partial charge is 0.481 e. The molecule has 0 amide bonds. The van der Waals surface area contributed by atoms with E-state index in [4.69, 9.17) is 0 Å². The lowest BCUT2D eigenvalue weighted by molar-refractivity contribution is -0.384. The van der Waals surface area contributed by atoms with Crippen molar-refractivity contribution in [2.24, 2.45) is 0 Å². The second-order valence-electron chi connectivity index (χ2n) is 5.65. The van der Waals surface area contributed by atoms with E-state index in [1.807, 2.05) is 0 Å². The molecule has 1 heterocycles. The van der Waals surface area contributed by atoms with Crippen molar-refractivity contribution in [1.82, 2.24) is 4.98 Å². The van der Waals surface area contributed by atoms with Gasteiger partial charge in [0.2, 0.25) is 0 Å². The van der Waals surface area contributed by atoms with Gasteiger partial charge in [0.15, 0.2) is 0 Å². The molecule has 8 heteroatoms. The molecule has 0 fully saturated rings. The minimum absolute atomic E-state index is 0.131. The fourth-order valence-electron chi connectivity index (χ4n) is 2.11. The number of nitrogens with one attached hydrogen (secondary N) is 1. The first-order valence-electron chi connectivity index (χ1n) is 6.84. The van der Waals surface area contributed by atoms with Crippen molar-refractivity contribution in [1.29, 1.82) is 5.26 Å². The molecule has 122 valence electrons. The zero-order valence-corrected chi connectivity index (χ0v) is 12.9. The van der Waals surface area contributed by atoms with Crippen molar-refractivity contribution < 1.29 is 14.8 Å². The van der Waals surface area contributed by atoms with E-state index in [2.05, 4.69) is 4.98 Å². The van der Waals surface area contributed by atoms with Crippen LogP contribution in [0, 0.1) is 21.4 Å². The molecule has 2 rings (SSSR count). The highest BCUT2D eigenvalue weighted by Gasteiger charge is 2.31. The quantitative estimate of drug-likeness (QED) is 0.652. The van der Waals surface area contributed by atoms with Crippen LogP contribution in [0.4, 0.5) is 5.69 Å². The van der Waals surface area contributed by atoms with Gasteiger partial charge in [-0.05, 0) is 37.6 Å². The number of rotatable bonds is 4. The standard InChI is InChI=1S/C16H13N3O5/c1-16(2,15(21)22)13-7-11(12(8-17)14(20)18-13)9-3-5-10(6-4-9)19(23)24/h3-7H,1-2H3,(H,18,20)(H,21,22). The number of carbonyl (C=O) groups is 1. The smallest absolute Gasteiger partial charge is 0.315 e. The van der Waals surface area contributed by atoms with Gasteiger partial charge in [0.25, 0.3) is 11.2 Å². The fraction of sp³-hybridized carbons (Fsp3) is 0.188. The van der Waals surface area contributed by atoms with E-state index in [9.17, 15) is 30.1 Å². The van der Waals surface area contributed by atoms with Crippen LogP contribution in [0.25, 0.3) is 11.1 Å². The number of aromatic amines is 1. The number of nitro groups is 1. The molecule has 0 saturated carbocycles. The van der Waals surface area contributed by atoms with Crippen molar-refractivity contribution in [2.45, 2.75) is 19.3 Å². The van der Waals surface area contributed by atoms with E-state index >= 15 is 0 Å². The minimum atomic E-state index is -1.37. The monoisotopic (exact) mass is 327 g/mol. The van der Waals surface area contributed by atoms with Gasteiger partial charge in [-0.2, -0.15) is 5.26 Å². The van der Waals surface area contributed by atoms with Gasteiger partial charge in [-0.1, -0.05) is 0 Å². The number of nitriles is 1.